The van der Waals surface area contributed by atoms with Gasteiger partial charge in [-0.3, -0.25) is 4.79 Å². The summed E-state index contributed by atoms with van der Waals surface area (Å²) in [5.41, 5.74) is 1.09. The second-order valence-electron chi connectivity index (χ2n) is 6.88. The van der Waals surface area contributed by atoms with E-state index >= 15 is 0 Å². The minimum atomic E-state index is -0.0333. The number of carbonyl (C=O) groups is 1. The molecule has 0 unspecified atom stereocenters. The molecule has 1 saturated carbocycles. The van der Waals surface area contributed by atoms with E-state index in [1.807, 2.05) is 12.3 Å². The molecule has 1 aliphatic carbocycles. The van der Waals surface area contributed by atoms with Gasteiger partial charge in [0.05, 0.1) is 6.10 Å². The van der Waals surface area contributed by atoms with Crippen molar-refractivity contribution in [3.8, 4) is 0 Å². The minimum Gasteiger partial charge on any atom is -0.368 e. The molecule has 1 saturated heterocycles. The van der Waals surface area contributed by atoms with Gasteiger partial charge in [-0.25, -0.2) is 4.98 Å². The number of nitrogens with one attached hydrogen (secondary N) is 1. The highest BCUT2D eigenvalue weighted by Crippen LogP contribution is 2.22. The normalized spacial score (nSPS) is 19.2. The quantitative estimate of drug-likeness (QED) is 0.870. The first-order valence-corrected chi connectivity index (χ1v) is 9.40. The molecule has 132 valence electrons. The Balaban J connectivity index is 1.47. The molecule has 3 rings (SSSR count). The molecular formula is C19H29N3O2. The van der Waals surface area contributed by atoms with Crippen LogP contribution in [0.4, 0.5) is 5.82 Å². The SMILES string of the molecule is O=C(COC1CCCCC1)NCc1cccnc1N1CCCCC1. The number of rotatable bonds is 6. The Hall–Kier alpha value is -1.62. The van der Waals surface area contributed by atoms with E-state index in [1.165, 1.54) is 38.5 Å². The van der Waals surface area contributed by atoms with Gasteiger partial charge in [0, 0.05) is 31.4 Å². The monoisotopic (exact) mass is 331 g/mol. The van der Waals surface area contributed by atoms with Crippen molar-refractivity contribution in [2.75, 3.05) is 24.6 Å². The van der Waals surface area contributed by atoms with Crippen LogP contribution in [0.3, 0.4) is 0 Å². The summed E-state index contributed by atoms with van der Waals surface area (Å²) in [5.74, 6) is 0.986. The summed E-state index contributed by atoms with van der Waals surface area (Å²) in [7, 11) is 0. The largest absolute Gasteiger partial charge is 0.368 e. The third kappa shape index (κ3) is 4.94. The predicted molar refractivity (Wildman–Crippen MR) is 95.0 cm³/mol. The van der Waals surface area contributed by atoms with Gasteiger partial charge in [0.1, 0.15) is 12.4 Å². The number of amides is 1. The van der Waals surface area contributed by atoms with Gasteiger partial charge in [-0.15, -0.1) is 0 Å². The molecule has 0 bridgehead atoms. The third-order valence-corrected chi connectivity index (χ3v) is 5.00. The summed E-state index contributed by atoms with van der Waals surface area (Å²) in [5, 5.41) is 2.99. The second kappa shape index (κ2) is 9.02. The van der Waals surface area contributed by atoms with Crippen LogP contribution in [0, 0.1) is 0 Å². The second-order valence-corrected chi connectivity index (χ2v) is 6.88. The zero-order valence-electron chi connectivity index (χ0n) is 14.5. The molecule has 1 aromatic heterocycles. The van der Waals surface area contributed by atoms with E-state index in [0.717, 1.165) is 37.3 Å². The average molecular weight is 331 g/mol. The zero-order chi connectivity index (χ0) is 16.6. The van der Waals surface area contributed by atoms with Crippen molar-refractivity contribution in [2.45, 2.75) is 64.0 Å². The van der Waals surface area contributed by atoms with Crippen molar-refractivity contribution in [3.63, 3.8) is 0 Å². The first-order valence-electron chi connectivity index (χ1n) is 9.40. The molecular weight excluding hydrogens is 302 g/mol. The lowest BCUT2D eigenvalue weighted by Gasteiger charge is -2.29. The Morgan fingerprint density at radius 3 is 2.71 bits per heavy atom. The molecule has 5 heteroatoms. The fourth-order valence-corrected chi connectivity index (χ4v) is 3.63. The van der Waals surface area contributed by atoms with Crippen LogP contribution < -0.4 is 10.2 Å². The van der Waals surface area contributed by atoms with Crippen LogP contribution >= 0.6 is 0 Å². The lowest BCUT2D eigenvalue weighted by Crippen LogP contribution is -2.33. The molecule has 1 aromatic rings. The first kappa shape index (κ1) is 17.2. The maximum atomic E-state index is 12.1. The van der Waals surface area contributed by atoms with Gasteiger partial charge >= 0.3 is 0 Å². The molecule has 5 nitrogen and oxygen atoms in total. The van der Waals surface area contributed by atoms with Gasteiger partial charge in [0.2, 0.25) is 5.91 Å². The number of ether oxygens (including phenoxy) is 1. The molecule has 2 fully saturated rings. The summed E-state index contributed by atoms with van der Waals surface area (Å²) in [4.78, 5) is 19.0. The van der Waals surface area contributed by atoms with E-state index in [2.05, 4.69) is 21.3 Å². The van der Waals surface area contributed by atoms with Gasteiger partial charge < -0.3 is 15.0 Å². The summed E-state index contributed by atoms with van der Waals surface area (Å²) in [6.07, 6.45) is 11.8. The van der Waals surface area contributed by atoms with Crippen molar-refractivity contribution in [1.82, 2.24) is 10.3 Å². The van der Waals surface area contributed by atoms with Crippen LogP contribution in [-0.2, 0) is 16.1 Å². The van der Waals surface area contributed by atoms with E-state index in [1.54, 1.807) is 0 Å². The van der Waals surface area contributed by atoms with E-state index < -0.39 is 0 Å². The fraction of sp³-hybridized carbons (Fsp3) is 0.684. The van der Waals surface area contributed by atoms with Crippen LogP contribution in [0.2, 0.25) is 0 Å². The molecule has 2 aliphatic rings. The standard InChI is InChI=1S/C19H29N3O2/c23-18(15-24-17-9-3-1-4-10-17)21-14-16-8-7-11-20-19(16)22-12-5-2-6-13-22/h7-8,11,17H,1-6,9-10,12-15H2,(H,21,23). The highest BCUT2D eigenvalue weighted by atomic mass is 16.5. The Bertz CT molecular complexity index is 523. The lowest BCUT2D eigenvalue weighted by atomic mass is 9.98. The topological polar surface area (TPSA) is 54.5 Å². The Morgan fingerprint density at radius 1 is 1.17 bits per heavy atom. The van der Waals surface area contributed by atoms with Crippen molar-refractivity contribution < 1.29 is 9.53 Å². The summed E-state index contributed by atoms with van der Waals surface area (Å²) >= 11 is 0. The van der Waals surface area contributed by atoms with E-state index in [4.69, 9.17) is 4.74 Å². The van der Waals surface area contributed by atoms with Crippen LogP contribution in [0.15, 0.2) is 18.3 Å². The number of hydrogen-bond acceptors (Lipinski definition) is 4. The molecule has 1 aliphatic heterocycles. The number of carbonyl (C=O) groups excluding carboxylic acids is 1. The maximum absolute atomic E-state index is 12.1. The fourth-order valence-electron chi connectivity index (χ4n) is 3.63. The molecule has 0 radical (unpaired) electrons. The van der Waals surface area contributed by atoms with E-state index in [-0.39, 0.29) is 18.6 Å². The van der Waals surface area contributed by atoms with E-state index in [9.17, 15) is 4.79 Å². The molecule has 2 heterocycles. The number of hydrogen-bond donors (Lipinski definition) is 1. The van der Waals surface area contributed by atoms with Crippen LogP contribution in [-0.4, -0.2) is 36.7 Å². The highest BCUT2D eigenvalue weighted by molar-refractivity contribution is 5.77. The van der Waals surface area contributed by atoms with Crippen molar-refractivity contribution in [1.29, 1.82) is 0 Å². The van der Waals surface area contributed by atoms with Crippen LogP contribution in [0.25, 0.3) is 0 Å². The smallest absolute Gasteiger partial charge is 0.246 e. The van der Waals surface area contributed by atoms with Gasteiger partial charge in [0.25, 0.3) is 0 Å². The summed E-state index contributed by atoms with van der Waals surface area (Å²) < 4.78 is 5.74. The number of piperidine rings is 1. The van der Waals surface area contributed by atoms with E-state index in [0.29, 0.717) is 6.54 Å². The molecule has 24 heavy (non-hydrogen) atoms. The Labute approximate surface area is 144 Å². The van der Waals surface area contributed by atoms with Crippen LogP contribution in [0.1, 0.15) is 56.9 Å². The van der Waals surface area contributed by atoms with Crippen LogP contribution in [0.5, 0.6) is 0 Å². The Morgan fingerprint density at radius 2 is 1.92 bits per heavy atom. The minimum absolute atomic E-state index is 0.0333. The van der Waals surface area contributed by atoms with Crippen molar-refractivity contribution in [2.24, 2.45) is 0 Å². The van der Waals surface area contributed by atoms with Crippen molar-refractivity contribution >= 4 is 11.7 Å². The highest BCUT2D eigenvalue weighted by Gasteiger charge is 2.17. The number of pyridine rings is 1. The summed E-state index contributed by atoms with van der Waals surface area (Å²) in [6.45, 7) is 2.81. The van der Waals surface area contributed by atoms with Gasteiger partial charge in [-0.05, 0) is 38.2 Å². The van der Waals surface area contributed by atoms with Gasteiger partial charge in [0.15, 0.2) is 0 Å². The van der Waals surface area contributed by atoms with Gasteiger partial charge in [-0.1, -0.05) is 25.3 Å². The van der Waals surface area contributed by atoms with Gasteiger partial charge in [-0.2, -0.15) is 0 Å². The summed E-state index contributed by atoms with van der Waals surface area (Å²) in [6, 6.07) is 3.99. The zero-order valence-corrected chi connectivity index (χ0v) is 14.5. The molecule has 1 N–H and O–H groups in total. The predicted octanol–water partition coefficient (Wildman–Crippen LogP) is 3.04. The molecule has 1 amide bonds. The van der Waals surface area contributed by atoms with Crippen molar-refractivity contribution in [3.05, 3.63) is 23.9 Å². The molecule has 0 atom stereocenters. The first-order chi connectivity index (χ1) is 11.8. The average Bonchev–Trinajstić information content (AvgIpc) is 2.66. The number of aromatic nitrogens is 1. The third-order valence-electron chi connectivity index (χ3n) is 5.00. The molecule has 0 spiro atoms. The molecule has 0 aromatic carbocycles. The number of anilines is 1. The Kier molecular flexibility index (Phi) is 6.47. The lowest BCUT2D eigenvalue weighted by molar-refractivity contribution is -0.128. The number of nitrogens with zero attached hydrogens (tertiary/aromatic N) is 2. The maximum Gasteiger partial charge on any atom is 0.246 e.